The number of amides is 2. The van der Waals surface area contributed by atoms with Crippen LogP contribution < -0.4 is 29.8 Å². The van der Waals surface area contributed by atoms with Crippen LogP contribution in [0.4, 0.5) is 11.6 Å². The van der Waals surface area contributed by atoms with E-state index >= 15 is 0 Å². The van der Waals surface area contributed by atoms with Crippen molar-refractivity contribution in [2.45, 2.75) is 47.9 Å². The summed E-state index contributed by atoms with van der Waals surface area (Å²) >= 11 is 3.04. The van der Waals surface area contributed by atoms with Crippen molar-refractivity contribution in [3.8, 4) is 23.0 Å². The molecule has 6 rings (SSSR count). The van der Waals surface area contributed by atoms with Gasteiger partial charge in [-0.3, -0.25) is 20.4 Å². The van der Waals surface area contributed by atoms with Crippen LogP contribution in [-0.4, -0.2) is 80.7 Å². The fraction of sp³-hybridized carbons (Fsp3) is 0.316. The van der Waals surface area contributed by atoms with E-state index in [1.165, 1.54) is 23.5 Å². The number of aromatic nitrogens is 2. The Bertz CT molecular complexity index is 1920. The molecule has 14 heteroatoms. The number of methoxy groups -OCH3 is 4. The lowest BCUT2D eigenvalue weighted by atomic mass is 10.1. The minimum Gasteiger partial charge on any atom is -0.493 e. The number of ether oxygens (including phenoxy) is 4. The molecule has 0 radical (unpaired) electrons. The zero-order valence-electron chi connectivity index (χ0n) is 30.3. The third-order valence-electron chi connectivity index (χ3n) is 8.96. The third kappa shape index (κ3) is 7.04. The van der Waals surface area contributed by atoms with Crippen molar-refractivity contribution in [2.75, 3.05) is 39.3 Å². The number of hydrazine groups is 2. The maximum absolute atomic E-state index is 13.6. The van der Waals surface area contributed by atoms with Gasteiger partial charge < -0.3 is 18.9 Å². The van der Waals surface area contributed by atoms with Gasteiger partial charge in [-0.05, 0) is 75.2 Å². The summed E-state index contributed by atoms with van der Waals surface area (Å²) in [5, 5.41) is 13.1. The summed E-state index contributed by atoms with van der Waals surface area (Å²) in [6.45, 7) is 7.72. The van der Waals surface area contributed by atoms with Crippen LogP contribution in [0.5, 0.6) is 23.0 Å². The van der Waals surface area contributed by atoms with E-state index < -0.39 is 9.74 Å². The van der Waals surface area contributed by atoms with Crippen LogP contribution >= 0.6 is 23.5 Å². The summed E-state index contributed by atoms with van der Waals surface area (Å²) in [4.78, 5) is 25.6. The number of anilines is 2. The Labute approximate surface area is 311 Å². The predicted molar refractivity (Wildman–Crippen MR) is 209 cm³/mol. The fourth-order valence-electron chi connectivity index (χ4n) is 6.18. The average Bonchev–Trinajstić information content (AvgIpc) is 3.51. The van der Waals surface area contributed by atoms with Gasteiger partial charge in [0.15, 0.2) is 34.6 Å². The first-order valence-corrected chi connectivity index (χ1v) is 18.3. The van der Waals surface area contributed by atoms with Crippen molar-refractivity contribution < 1.29 is 28.5 Å². The highest BCUT2D eigenvalue weighted by atomic mass is 32.2. The van der Waals surface area contributed by atoms with Crippen LogP contribution in [0.3, 0.4) is 0 Å². The molecule has 0 saturated carbocycles. The van der Waals surface area contributed by atoms with E-state index in [1.54, 1.807) is 38.5 Å². The van der Waals surface area contributed by atoms with Crippen LogP contribution in [-0.2, 0) is 9.59 Å². The standard InChI is InChI=1S/C38H42N6O6S2/c1-23-35(45)43(37(3,51-23)19-17-25-13-15-29(47-5)31(21-25)49-7)41-33-27-11-9-10-12-28(27)34(40-39-33)42-44-36(46)24(2)52-38(44,4)20-18-26-14-16-30(48-6)32(22-26)50-8/h9-24H,1-8H3,(H,39,41)(H,40,42)/b19-17+,20-18+. The van der Waals surface area contributed by atoms with Gasteiger partial charge in [0.05, 0.1) is 38.9 Å². The second-order valence-corrected chi connectivity index (χ2v) is 16.1. The first-order chi connectivity index (χ1) is 24.9. The van der Waals surface area contributed by atoms with Gasteiger partial charge in [-0.1, -0.05) is 48.6 Å². The summed E-state index contributed by atoms with van der Waals surface area (Å²) < 4.78 is 21.7. The number of benzene rings is 3. The van der Waals surface area contributed by atoms with E-state index in [-0.39, 0.29) is 22.3 Å². The molecule has 2 fully saturated rings. The van der Waals surface area contributed by atoms with Gasteiger partial charge in [0.2, 0.25) is 0 Å². The van der Waals surface area contributed by atoms with Gasteiger partial charge in [-0.2, -0.15) is 0 Å². The molecule has 2 N–H and O–H groups in total. The molecule has 52 heavy (non-hydrogen) atoms. The topological polar surface area (TPSA) is 127 Å². The fourth-order valence-corrected chi connectivity index (χ4v) is 8.80. The van der Waals surface area contributed by atoms with E-state index in [1.807, 2.05) is 113 Å². The molecule has 2 saturated heterocycles. The monoisotopic (exact) mass is 742 g/mol. The molecule has 2 amide bonds. The Morgan fingerprint density at radius 3 is 1.38 bits per heavy atom. The molecular weight excluding hydrogens is 701 g/mol. The van der Waals surface area contributed by atoms with E-state index in [2.05, 4.69) is 21.0 Å². The Kier molecular flexibility index (Phi) is 10.5. The van der Waals surface area contributed by atoms with Crippen LogP contribution in [0.25, 0.3) is 22.9 Å². The van der Waals surface area contributed by atoms with Crippen molar-refractivity contribution in [3.63, 3.8) is 0 Å². The molecule has 2 aliphatic rings. The molecule has 0 spiro atoms. The lowest BCUT2D eigenvalue weighted by molar-refractivity contribution is -0.130. The Morgan fingerprint density at radius 1 is 0.635 bits per heavy atom. The number of thioether (sulfide) groups is 2. The van der Waals surface area contributed by atoms with Crippen molar-refractivity contribution >= 4 is 69.9 Å². The third-order valence-corrected chi connectivity index (χ3v) is 11.7. The second kappa shape index (κ2) is 14.9. The number of fused-ring (bicyclic) bond motifs is 1. The van der Waals surface area contributed by atoms with Gasteiger partial charge in [0, 0.05) is 10.8 Å². The lowest BCUT2D eigenvalue weighted by Crippen LogP contribution is -2.46. The van der Waals surface area contributed by atoms with Gasteiger partial charge in [0.25, 0.3) is 11.8 Å². The lowest BCUT2D eigenvalue weighted by Gasteiger charge is -2.33. The number of nitrogens with zero attached hydrogens (tertiary/aromatic N) is 4. The molecule has 272 valence electrons. The Morgan fingerprint density at radius 2 is 1.02 bits per heavy atom. The summed E-state index contributed by atoms with van der Waals surface area (Å²) in [6.07, 6.45) is 7.86. The summed E-state index contributed by atoms with van der Waals surface area (Å²) in [5.74, 6) is 3.11. The molecule has 1 aromatic heterocycles. The molecule has 3 aromatic carbocycles. The quantitative estimate of drug-likeness (QED) is 0.154. The highest BCUT2D eigenvalue weighted by Crippen LogP contribution is 2.45. The van der Waals surface area contributed by atoms with E-state index in [0.717, 1.165) is 21.9 Å². The van der Waals surface area contributed by atoms with E-state index in [4.69, 9.17) is 18.9 Å². The van der Waals surface area contributed by atoms with Crippen molar-refractivity contribution in [1.82, 2.24) is 20.2 Å². The molecule has 4 aromatic rings. The normalized spacial score (nSPS) is 23.2. The molecule has 4 unspecified atom stereocenters. The molecular formula is C38H42N6O6S2. The van der Waals surface area contributed by atoms with Crippen molar-refractivity contribution in [2.24, 2.45) is 0 Å². The zero-order chi connectivity index (χ0) is 37.2. The number of carbonyl (C=O) groups excluding carboxylic acids is 2. The Hall–Kier alpha value is -5.08. The highest BCUT2D eigenvalue weighted by molar-refractivity contribution is 8.02. The van der Waals surface area contributed by atoms with Crippen LogP contribution in [0.2, 0.25) is 0 Å². The minimum absolute atomic E-state index is 0.0942. The number of hydrogen-bond acceptors (Lipinski definition) is 12. The molecule has 2 aliphatic heterocycles. The largest absolute Gasteiger partial charge is 0.493 e. The van der Waals surface area contributed by atoms with Crippen LogP contribution in [0, 0.1) is 0 Å². The summed E-state index contributed by atoms with van der Waals surface area (Å²) in [7, 11) is 6.38. The molecule has 3 heterocycles. The van der Waals surface area contributed by atoms with E-state index in [9.17, 15) is 9.59 Å². The van der Waals surface area contributed by atoms with Crippen LogP contribution in [0.1, 0.15) is 38.8 Å². The smallest absolute Gasteiger partial charge is 0.255 e. The Balaban J connectivity index is 1.28. The first-order valence-electron chi connectivity index (χ1n) is 16.6. The zero-order valence-corrected chi connectivity index (χ0v) is 31.9. The van der Waals surface area contributed by atoms with Crippen LogP contribution in [0.15, 0.2) is 72.8 Å². The molecule has 0 aliphatic carbocycles. The van der Waals surface area contributed by atoms with Gasteiger partial charge >= 0.3 is 0 Å². The highest BCUT2D eigenvalue weighted by Gasteiger charge is 2.47. The van der Waals surface area contributed by atoms with Crippen molar-refractivity contribution in [3.05, 3.63) is 83.9 Å². The SMILES string of the molecule is COc1ccc(/C=C/C2(C)SC(C)C(=O)N2Nc2nnc(NN3C(=O)C(C)SC3(C)/C=C/c3ccc(OC)c(OC)c3)c3ccccc23)cc1OC. The van der Waals surface area contributed by atoms with E-state index in [0.29, 0.717) is 34.6 Å². The maximum Gasteiger partial charge on any atom is 0.255 e. The number of hydrogen-bond donors (Lipinski definition) is 2. The predicted octanol–water partition coefficient (Wildman–Crippen LogP) is 7.11. The molecule has 4 atom stereocenters. The van der Waals surface area contributed by atoms with Gasteiger partial charge in [-0.25, -0.2) is 10.0 Å². The number of rotatable bonds is 12. The maximum atomic E-state index is 13.6. The van der Waals surface area contributed by atoms with Crippen molar-refractivity contribution in [1.29, 1.82) is 0 Å². The summed E-state index contributed by atoms with van der Waals surface area (Å²) in [6, 6.07) is 18.9. The van der Waals surface area contributed by atoms with Gasteiger partial charge in [0.1, 0.15) is 9.74 Å². The minimum atomic E-state index is -0.763. The average molecular weight is 743 g/mol. The molecule has 12 nitrogen and oxygen atoms in total. The second-order valence-electron chi connectivity index (χ2n) is 12.5. The number of nitrogens with one attached hydrogen (secondary N) is 2. The van der Waals surface area contributed by atoms with Gasteiger partial charge in [-0.15, -0.1) is 33.7 Å². The summed E-state index contributed by atoms with van der Waals surface area (Å²) in [5.41, 5.74) is 8.36. The first kappa shape index (κ1) is 36.7. The molecule has 0 bridgehead atoms. The number of carbonyl (C=O) groups is 2.